The number of benzene rings is 1. The Labute approximate surface area is 119 Å². The van der Waals surface area contributed by atoms with E-state index in [0.29, 0.717) is 5.69 Å². The average Bonchev–Trinajstić information content (AvgIpc) is 2.47. The van der Waals surface area contributed by atoms with Crippen molar-refractivity contribution >= 4 is 17.6 Å². The Kier molecular flexibility index (Phi) is 3.37. The van der Waals surface area contributed by atoms with Gasteiger partial charge in [0.05, 0.1) is 11.9 Å². The van der Waals surface area contributed by atoms with Crippen molar-refractivity contribution in [1.82, 2.24) is 4.98 Å². The van der Waals surface area contributed by atoms with Crippen LogP contribution in [-0.2, 0) is 12.6 Å². The quantitative estimate of drug-likeness (QED) is 0.913. The number of alkyl halides is 3. The van der Waals surface area contributed by atoms with Crippen LogP contribution in [0.25, 0.3) is 0 Å². The lowest BCUT2D eigenvalue weighted by atomic mass is 10.0. The molecule has 0 fully saturated rings. The van der Waals surface area contributed by atoms with Crippen molar-refractivity contribution < 1.29 is 13.2 Å². The summed E-state index contributed by atoms with van der Waals surface area (Å²) >= 11 is 0. The molecule has 0 aliphatic carbocycles. The first-order valence-electron chi connectivity index (χ1n) is 6.46. The second-order valence-electron chi connectivity index (χ2n) is 4.71. The minimum absolute atomic E-state index is 0.527. The van der Waals surface area contributed by atoms with Gasteiger partial charge in [0.25, 0.3) is 0 Å². The van der Waals surface area contributed by atoms with Crippen molar-refractivity contribution in [3.8, 4) is 0 Å². The van der Waals surface area contributed by atoms with E-state index in [9.17, 15) is 13.2 Å². The average molecular weight is 291 g/mol. The van der Waals surface area contributed by atoms with Crippen molar-refractivity contribution in [2.75, 3.05) is 11.9 Å². The molecular formula is C15H12F3N3. The second kappa shape index (κ2) is 5.20. The number of nitrogens with zero attached hydrogens (tertiary/aromatic N) is 2. The van der Waals surface area contributed by atoms with E-state index in [1.54, 1.807) is 0 Å². The standard InChI is InChI=1S/C15H12F3N3/c16-15(17,18)14-5-4-11(9-20-14)21-13-3-1-2-10-8-19-7-6-12(10)13/h1-5,8-9,21H,6-7H2. The van der Waals surface area contributed by atoms with Gasteiger partial charge in [-0.15, -0.1) is 0 Å². The van der Waals surface area contributed by atoms with E-state index in [1.165, 1.54) is 12.3 Å². The molecule has 1 aromatic carbocycles. The summed E-state index contributed by atoms with van der Waals surface area (Å²) in [6.45, 7) is 0.719. The van der Waals surface area contributed by atoms with Gasteiger partial charge in [0.1, 0.15) is 5.69 Å². The second-order valence-corrected chi connectivity index (χ2v) is 4.71. The minimum Gasteiger partial charge on any atom is -0.354 e. The summed E-state index contributed by atoms with van der Waals surface area (Å²) in [5.74, 6) is 0. The van der Waals surface area contributed by atoms with Gasteiger partial charge in [-0.05, 0) is 35.7 Å². The van der Waals surface area contributed by atoms with Crippen LogP contribution in [0.3, 0.4) is 0 Å². The zero-order valence-corrected chi connectivity index (χ0v) is 11.0. The number of aliphatic imine (C=N–C) groups is 1. The van der Waals surface area contributed by atoms with Gasteiger partial charge in [0.15, 0.2) is 0 Å². The lowest BCUT2D eigenvalue weighted by Crippen LogP contribution is -2.09. The summed E-state index contributed by atoms with van der Waals surface area (Å²) in [7, 11) is 0. The highest BCUT2D eigenvalue weighted by Gasteiger charge is 2.32. The summed E-state index contributed by atoms with van der Waals surface area (Å²) in [4.78, 5) is 7.66. The minimum atomic E-state index is -4.42. The number of pyridine rings is 1. The Balaban J connectivity index is 1.86. The van der Waals surface area contributed by atoms with Crippen LogP contribution >= 0.6 is 0 Å². The fourth-order valence-electron chi connectivity index (χ4n) is 2.25. The van der Waals surface area contributed by atoms with Gasteiger partial charge >= 0.3 is 6.18 Å². The molecule has 21 heavy (non-hydrogen) atoms. The lowest BCUT2D eigenvalue weighted by Gasteiger charge is -2.16. The maximum absolute atomic E-state index is 12.5. The van der Waals surface area contributed by atoms with Crippen LogP contribution in [0.1, 0.15) is 16.8 Å². The lowest BCUT2D eigenvalue weighted by molar-refractivity contribution is -0.141. The fraction of sp³-hybridized carbons (Fsp3) is 0.200. The van der Waals surface area contributed by atoms with Crippen molar-refractivity contribution in [2.24, 2.45) is 4.99 Å². The van der Waals surface area contributed by atoms with Crippen molar-refractivity contribution in [1.29, 1.82) is 0 Å². The Hall–Kier alpha value is -2.37. The largest absolute Gasteiger partial charge is 0.433 e. The van der Waals surface area contributed by atoms with E-state index in [1.807, 2.05) is 24.4 Å². The van der Waals surface area contributed by atoms with Crippen molar-refractivity contribution in [3.05, 3.63) is 53.3 Å². The molecule has 0 unspecified atom stereocenters. The topological polar surface area (TPSA) is 37.3 Å². The van der Waals surface area contributed by atoms with Crippen molar-refractivity contribution in [2.45, 2.75) is 12.6 Å². The normalized spacial score (nSPS) is 13.9. The predicted octanol–water partition coefficient (Wildman–Crippen LogP) is 3.82. The van der Waals surface area contributed by atoms with Gasteiger partial charge in [0.2, 0.25) is 0 Å². The number of hydrogen-bond acceptors (Lipinski definition) is 3. The summed E-state index contributed by atoms with van der Waals surface area (Å²) < 4.78 is 37.4. The van der Waals surface area contributed by atoms with Gasteiger partial charge in [-0.2, -0.15) is 13.2 Å². The fourth-order valence-corrected chi connectivity index (χ4v) is 2.25. The first-order valence-corrected chi connectivity index (χ1v) is 6.46. The van der Waals surface area contributed by atoms with E-state index < -0.39 is 11.9 Å². The molecule has 0 atom stereocenters. The molecule has 108 valence electrons. The molecule has 2 aromatic rings. The van der Waals surface area contributed by atoms with Crippen LogP contribution in [0, 0.1) is 0 Å². The zero-order chi connectivity index (χ0) is 14.9. The maximum Gasteiger partial charge on any atom is 0.433 e. The van der Waals surface area contributed by atoms with Crippen LogP contribution in [0.4, 0.5) is 24.5 Å². The Morgan fingerprint density at radius 2 is 1.95 bits per heavy atom. The van der Waals surface area contributed by atoms with Crippen LogP contribution in [0.15, 0.2) is 41.5 Å². The molecule has 0 radical (unpaired) electrons. The number of anilines is 2. The zero-order valence-electron chi connectivity index (χ0n) is 11.0. The third kappa shape index (κ3) is 2.89. The monoisotopic (exact) mass is 291 g/mol. The van der Waals surface area contributed by atoms with Crippen LogP contribution < -0.4 is 5.32 Å². The molecule has 1 N–H and O–H groups in total. The smallest absolute Gasteiger partial charge is 0.354 e. The first-order chi connectivity index (χ1) is 10.0. The summed E-state index contributed by atoms with van der Waals surface area (Å²) in [6, 6.07) is 8.10. The molecule has 0 amide bonds. The van der Waals surface area contributed by atoms with E-state index in [-0.39, 0.29) is 0 Å². The molecule has 1 aliphatic rings. The van der Waals surface area contributed by atoms with Gasteiger partial charge in [0, 0.05) is 18.4 Å². The third-order valence-electron chi connectivity index (χ3n) is 3.27. The Bertz CT molecular complexity index is 676. The molecule has 6 heteroatoms. The maximum atomic E-state index is 12.5. The highest BCUT2D eigenvalue weighted by molar-refractivity contribution is 5.86. The first kappa shape index (κ1) is 13.6. The molecule has 0 saturated carbocycles. The summed E-state index contributed by atoms with van der Waals surface area (Å²) in [5.41, 5.74) is 2.66. The molecule has 1 aliphatic heterocycles. The third-order valence-corrected chi connectivity index (χ3v) is 3.27. The number of fused-ring (bicyclic) bond motifs is 1. The van der Waals surface area contributed by atoms with E-state index in [0.717, 1.165) is 35.8 Å². The molecular weight excluding hydrogens is 279 g/mol. The highest BCUT2D eigenvalue weighted by atomic mass is 19.4. The van der Waals surface area contributed by atoms with Crippen LogP contribution in [-0.4, -0.2) is 17.7 Å². The SMILES string of the molecule is FC(F)(F)c1ccc(Nc2cccc3c2CCN=C3)cn1. The molecule has 1 aromatic heterocycles. The number of hydrogen-bond donors (Lipinski definition) is 1. The van der Waals surface area contributed by atoms with E-state index in [4.69, 9.17) is 0 Å². The highest BCUT2D eigenvalue weighted by Crippen LogP contribution is 2.29. The van der Waals surface area contributed by atoms with Crippen LogP contribution in [0.2, 0.25) is 0 Å². The van der Waals surface area contributed by atoms with E-state index in [2.05, 4.69) is 15.3 Å². The summed E-state index contributed by atoms with van der Waals surface area (Å²) in [5, 5.41) is 3.12. The number of aromatic nitrogens is 1. The summed E-state index contributed by atoms with van der Waals surface area (Å²) in [6.07, 6.45) is -0.599. The number of halogens is 3. The Morgan fingerprint density at radius 3 is 2.67 bits per heavy atom. The molecule has 0 bridgehead atoms. The molecule has 3 nitrogen and oxygen atoms in total. The predicted molar refractivity (Wildman–Crippen MR) is 75.1 cm³/mol. The number of nitrogens with one attached hydrogen (secondary N) is 1. The van der Waals surface area contributed by atoms with E-state index >= 15 is 0 Å². The van der Waals surface area contributed by atoms with Gasteiger partial charge in [-0.1, -0.05) is 12.1 Å². The van der Waals surface area contributed by atoms with Crippen LogP contribution in [0.5, 0.6) is 0 Å². The molecule has 0 saturated heterocycles. The molecule has 2 heterocycles. The number of rotatable bonds is 2. The van der Waals surface area contributed by atoms with Gasteiger partial charge in [-0.3, -0.25) is 4.99 Å². The Morgan fingerprint density at radius 1 is 1.10 bits per heavy atom. The van der Waals surface area contributed by atoms with Gasteiger partial charge < -0.3 is 5.32 Å². The molecule has 3 rings (SSSR count). The molecule has 0 spiro atoms. The van der Waals surface area contributed by atoms with Gasteiger partial charge in [-0.25, -0.2) is 4.98 Å². The van der Waals surface area contributed by atoms with Crippen molar-refractivity contribution in [3.63, 3.8) is 0 Å².